The Balaban J connectivity index is 2.12. The van der Waals surface area contributed by atoms with E-state index in [-0.39, 0.29) is 0 Å². The number of ether oxygens (including phenoxy) is 1. The van der Waals surface area contributed by atoms with Crippen LogP contribution in [0.25, 0.3) is 0 Å². The van der Waals surface area contributed by atoms with Crippen LogP contribution in [0.3, 0.4) is 0 Å². The molecule has 1 saturated carbocycles. The van der Waals surface area contributed by atoms with Gasteiger partial charge in [-0.25, -0.2) is 0 Å². The Morgan fingerprint density at radius 1 is 1.45 bits per heavy atom. The molecule has 1 rings (SSSR count). The smallest absolute Gasteiger partial charge is 0.0494 e. The summed E-state index contributed by atoms with van der Waals surface area (Å²) in [6.07, 6.45) is 4.95. The van der Waals surface area contributed by atoms with Crippen molar-refractivity contribution in [1.82, 2.24) is 0 Å². The summed E-state index contributed by atoms with van der Waals surface area (Å²) in [6, 6.07) is 0. The van der Waals surface area contributed by atoms with Crippen LogP contribution in [0.2, 0.25) is 0 Å². The van der Waals surface area contributed by atoms with Crippen LogP contribution in [0, 0.1) is 5.92 Å². The van der Waals surface area contributed by atoms with E-state index in [0.29, 0.717) is 5.38 Å². The third kappa shape index (κ3) is 3.44. The predicted molar refractivity (Wildman–Crippen MR) is 48.1 cm³/mol. The highest BCUT2D eigenvalue weighted by molar-refractivity contribution is 6.20. The molecular weight excluding hydrogens is 160 g/mol. The van der Waals surface area contributed by atoms with E-state index in [2.05, 4.69) is 0 Å². The molecule has 2 unspecified atom stereocenters. The van der Waals surface area contributed by atoms with E-state index in [1.165, 1.54) is 19.3 Å². The van der Waals surface area contributed by atoms with Gasteiger partial charge < -0.3 is 4.74 Å². The molecule has 0 aromatic rings. The van der Waals surface area contributed by atoms with Gasteiger partial charge in [0.2, 0.25) is 0 Å². The second-order valence-electron chi connectivity index (χ2n) is 3.29. The molecule has 0 bridgehead atoms. The van der Waals surface area contributed by atoms with E-state index in [0.717, 1.165) is 25.6 Å². The van der Waals surface area contributed by atoms with E-state index in [1.807, 2.05) is 6.92 Å². The third-order valence-electron chi connectivity index (χ3n) is 2.28. The second kappa shape index (κ2) is 5.00. The summed E-state index contributed by atoms with van der Waals surface area (Å²) in [4.78, 5) is 0. The summed E-state index contributed by atoms with van der Waals surface area (Å²) in [5.74, 6) is 0.728. The molecule has 1 aliphatic rings. The van der Waals surface area contributed by atoms with Crippen molar-refractivity contribution in [2.75, 3.05) is 13.2 Å². The molecule has 0 heterocycles. The average Bonchev–Trinajstić information content (AvgIpc) is 2.01. The molecule has 1 nitrogen and oxygen atoms in total. The van der Waals surface area contributed by atoms with Crippen molar-refractivity contribution in [3.63, 3.8) is 0 Å². The number of rotatable bonds is 3. The third-order valence-corrected chi connectivity index (χ3v) is 2.67. The standard InChI is InChI=1S/C9H17ClO/c1-2-11-7-8-4-3-5-9(10)6-8/h8-9H,2-7H2,1H3. The summed E-state index contributed by atoms with van der Waals surface area (Å²) in [5.41, 5.74) is 0. The highest BCUT2D eigenvalue weighted by Crippen LogP contribution is 2.27. The van der Waals surface area contributed by atoms with Crippen LogP contribution >= 0.6 is 11.6 Å². The van der Waals surface area contributed by atoms with Crippen LogP contribution in [-0.4, -0.2) is 18.6 Å². The molecule has 0 spiro atoms. The molecule has 66 valence electrons. The highest BCUT2D eigenvalue weighted by Gasteiger charge is 2.19. The number of halogens is 1. The first-order chi connectivity index (χ1) is 5.33. The lowest BCUT2D eigenvalue weighted by atomic mass is 9.89. The maximum absolute atomic E-state index is 6.03. The fraction of sp³-hybridized carbons (Fsp3) is 1.00. The highest BCUT2D eigenvalue weighted by atomic mass is 35.5. The number of alkyl halides is 1. The zero-order valence-electron chi connectivity index (χ0n) is 7.18. The van der Waals surface area contributed by atoms with Crippen LogP contribution in [0.1, 0.15) is 32.6 Å². The van der Waals surface area contributed by atoms with Gasteiger partial charge in [-0.05, 0) is 32.1 Å². The second-order valence-corrected chi connectivity index (χ2v) is 3.91. The molecule has 1 fully saturated rings. The molecule has 11 heavy (non-hydrogen) atoms. The first kappa shape index (κ1) is 9.34. The van der Waals surface area contributed by atoms with Gasteiger partial charge in [-0.3, -0.25) is 0 Å². The summed E-state index contributed by atoms with van der Waals surface area (Å²) in [6.45, 7) is 3.80. The molecule has 0 saturated heterocycles. The van der Waals surface area contributed by atoms with Crippen LogP contribution in [0.15, 0.2) is 0 Å². The van der Waals surface area contributed by atoms with E-state index in [1.54, 1.807) is 0 Å². The van der Waals surface area contributed by atoms with E-state index < -0.39 is 0 Å². The quantitative estimate of drug-likeness (QED) is 0.601. The summed E-state index contributed by atoms with van der Waals surface area (Å²) in [7, 11) is 0. The van der Waals surface area contributed by atoms with Crippen LogP contribution in [0.4, 0.5) is 0 Å². The molecule has 0 aromatic heterocycles. The van der Waals surface area contributed by atoms with E-state index in [4.69, 9.17) is 16.3 Å². The largest absolute Gasteiger partial charge is 0.381 e. The van der Waals surface area contributed by atoms with Crippen molar-refractivity contribution in [2.45, 2.75) is 38.0 Å². The first-order valence-corrected chi connectivity index (χ1v) is 4.98. The maximum Gasteiger partial charge on any atom is 0.0494 e. The topological polar surface area (TPSA) is 9.23 Å². The van der Waals surface area contributed by atoms with Crippen molar-refractivity contribution in [3.05, 3.63) is 0 Å². The Morgan fingerprint density at radius 2 is 2.27 bits per heavy atom. The fourth-order valence-corrected chi connectivity index (χ4v) is 2.07. The van der Waals surface area contributed by atoms with E-state index >= 15 is 0 Å². The Kier molecular flexibility index (Phi) is 4.24. The van der Waals surface area contributed by atoms with Gasteiger partial charge in [0.15, 0.2) is 0 Å². The number of hydrogen-bond acceptors (Lipinski definition) is 1. The van der Waals surface area contributed by atoms with Gasteiger partial charge >= 0.3 is 0 Å². The molecular formula is C9H17ClO. The van der Waals surface area contributed by atoms with Crippen LogP contribution in [-0.2, 0) is 4.74 Å². The maximum atomic E-state index is 6.03. The summed E-state index contributed by atoms with van der Waals surface area (Å²) in [5, 5.41) is 0.411. The lowest BCUT2D eigenvalue weighted by molar-refractivity contribution is 0.0956. The van der Waals surface area contributed by atoms with Crippen molar-refractivity contribution >= 4 is 11.6 Å². The normalized spacial score (nSPS) is 32.2. The molecule has 0 radical (unpaired) electrons. The van der Waals surface area contributed by atoms with Gasteiger partial charge in [-0.15, -0.1) is 11.6 Å². The Labute approximate surface area is 74.1 Å². The monoisotopic (exact) mass is 176 g/mol. The van der Waals surface area contributed by atoms with Crippen LogP contribution < -0.4 is 0 Å². The molecule has 1 aliphatic carbocycles. The zero-order chi connectivity index (χ0) is 8.10. The lowest BCUT2D eigenvalue weighted by Crippen LogP contribution is -2.19. The summed E-state index contributed by atoms with van der Waals surface area (Å²) >= 11 is 6.03. The minimum atomic E-state index is 0.411. The van der Waals surface area contributed by atoms with E-state index in [9.17, 15) is 0 Å². The fourth-order valence-electron chi connectivity index (χ4n) is 1.66. The molecule has 0 aliphatic heterocycles. The predicted octanol–water partition coefficient (Wildman–Crippen LogP) is 2.82. The van der Waals surface area contributed by atoms with Crippen molar-refractivity contribution in [2.24, 2.45) is 5.92 Å². The first-order valence-electron chi connectivity index (χ1n) is 4.54. The SMILES string of the molecule is CCOCC1CCCC(Cl)C1. The summed E-state index contributed by atoms with van der Waals surface area (Å²) < 4.78 is 5.36. The van der Waals surface area contributed by atoms with Crippen molar-refractivity contribution in [1.29, 1.82) is 0 Å². The minimum Gasteiger partial charge on any atom is -0.381 e. The Hall–Kier alpha value is 0.250. The molecule has 2 heteroatoms. The molecule has 0 N–H and O–H groups in total. The number of hydrogen-bond donors (Lipinski definition) is 0. The minimum absolute atomic E-state index is 0.411. The van der Waals surface area contributed by atoms with Gasteiger partial charge in [0, 0.05) is 18.6 Å². The van der Waals surface area contributed by atoms with Gasteiger partial charge in [0.1, 0.15) is 0 Å². The van der Waals surface area contributed by atoms with Crippen LogP contribution in [0.5, 0.6) is 0 Å². The van der Waals surface area contributed by atoms with Gasteiger partial charge in [0.25, 0.3) is 0 Å². The van der Waals surface area contributed by atoms with Gasteiger partial charge in [0.05, 0.1) is 0 Å². The lowest BCUT2D eigenvalue weighted by Gasteiger charge is -2.24. The van der Waals surface area contributed by atoms with Gasteiger partial charge in [-0.1, -0.05) is 6.42 Å². The van der Waals surface area contributed by atoms with Crippen molar-refractivity contribution < 1.29 is 4.74 Å². The van der Waals surface area contributed by atoms with Crippen molar-refractivity contribution in [3.8, 4) is 0 Å². The Bertz CT molecular complexity index is 106. The van der Waals surface area contributed by atoms with Gasteiger partial charge in [-0.2, -0.15) is 0 Å². The zero-order valence-corrected chi connectivity index (χ0v) is 7.94. The Morgan fingerprint density at radius 3 is 2.91 bits per heavy atom. The molecule has 0 aromatic carbocycles. The average molecular weight is 177 g/mol. The molecule has 0 amide bonds. The molecule has 2 atom stereocenters.